The summed E-state index contributed by atoms with van der Waals surface area (Å²) in [6.07, 6.45) is 3.91. The summed E-state index contributed by atoms with van der Waals surface area (Å²) < 4.78 is 0. The van der Waals surface area contributed by atoms with Gasteiger partial charge in [-0.2, -0.15) is 10.1 Å². The van der Waals surface area contributed by atoms with Crippen molar-refractivity contribution in [2.45, 2.75) is 39.5 Å². The zero-order valence-electron chi connectivity index (χ0n) is 12.9. The Morgan fingerprint density at radius 2 is 1.90 bits per heavy atom. The van der Waals surface area contributed by atoms with Crippen LogP contribution in [0.25, 0.3) is 0 Å². The molecule has 0 atom stereocenters. The van der Waals surface area contributed by atoms with Crippen LogP contribution < -0.4 is 10.6 Å². The van der Waals surface area contributed by atoms with Crippen LogP contribution in [-0.2, 0) is 0 Å². The smallest absolute Gasteiger partial charge is 0.249 e. The summed E-state index contributed by atoms with van der Waals surface area (Å²) in [5.74, 6) is 1.79. The van der Waals surface area contributed by atoms with Gasteiger partial charge in [0.2, 0.25) is 5.95 Å². The van der Waals surface area contributed by atoms with Crippen LogP contribution in [0, 0.1) is 0 Å². The van der Waals surface area contributed by atoms with Gasteiger partial charge in [-0.3, -0.25) is 0 Å². The molecule has 5 nitrogen and oxygen atoms in total. The minimum Gasteiger partial charge on any atom is -0.369 e. The molecule has 2 rings (SSSR count). The standard InChI is InChI=1S/C16H23N5/c1-4-5-10-17-15-11-18-21-16(20-15)19-14-8-6-13(7-9-14)12(2)3/h6-9,11-12H,4-5,10H2,1-3H3,(H2,17,19,20,21). The Bertz CT molecular complexity index is 551. The lowest BCUT2D eigenvalue weighted by molar-refractivity contribution is 0.827. The predicted octanol–water partition coefficient (Wildman–Crippen LogP) is 3.95. The van der Waals surface area contributed by atoms with E-state index in [2.05, 4.69) is 58.7 Å². The Morgan fingerprint density at radius 3 is 2.57 bits per heavy atom. The summed E-state index contributed by atoms with van der Waals surface area (Å²) in [6.45, 7) is 7.42. The van der Waals surface area contributed by atoms with Crippen molar-refractivity contribution in [3.8, 4) is 0 Å². The van der Waals surface area contributed by atoms with E-state index < -0.39 is 0 Å². The Morgan fingerprint density at radius 1 is 1.14 bits per heavy atom. The molecule has 0 saturated heterocycles. The van der Waals surface area contributed by atoms with E-state index in [1.54, 1.807) is 6.20 Å². The number of hydrogen-bond donors (Lipinski definition) is 2. The van der Waals surface area contributed by atoms with Crippen LogP contribution in [0.15, 0.2) is 30.5 Å². The minimum absolute atomic E-state index is 0.508. The van der Waals surface area contributed by atoms with Crippen LogP contribution in [0.3, 0.4) is 0 Å². The van der Waals surface area contributed by atoms with Crippen molar-refractivity contribution in [3.63, 3.8) is 0 Å². The summed E-state index contributed by atoms with van der Waals surface area (Å²) >= 11 is 0. The van der Waals surface area contributed by atoms with Crippen LogP contribution in [0.1, 0.15) is 45.1 Å². The number of rotatable bonds is 7. The van der Waals surface area contributed by atoms with E-state index in [1.165, 1.54) is 5.56 Å². The fourth-order valence-corrected chi connectivity index (χ4v) is 1.92. The number of anilines is 3. The van der Waals surface area contributed by atoms with Crippen molar-refractivity contribution in [3.05, 3.63) is 36.0 Å². The van der Waals surface area contributed by atoms with E-state index in [9.17, 15) is 0 Å². The number of unbranched alkanes of at least 4 members (excludes halogenated alkanes) is 1. The summed E-state index contributed by atoms with van der Waals surface area (Å²) in [6, 6.07) is 8.30. The van der Waals surface area contributed by atoms with Crippen LogP contribution >= 0.6 is 0 Å². The average molecular weight is 285 g/mol. The van der Waals surface area contributed by atoms with E-state index in [1.807, 2.05) is 12.1 Å². The van der Waals surface area contributed by atoms with E-state index >= 15 is 0 Å². The van der Waals surface area contributed by atoms with E-state index in [0.29, 0.717) is 11.9 Å². The zero-order valence-corrected chi connectivity index (χ0v) is 12.9. The fraction of sp³-hybridized carbons (Fsp3) is 0.438. The monoisotopic (exact) mass is 285 g/mol. The van der Waals surface area contributed by atoms with Gasteiger partial charge in [0.05, 0.1) is 6.20 Å². The van der Waals surface area contributed by atoms with Gasteiger partial charge in [-0.05, 0) is 30.0 Å². The molecular weight excluding hydrogens is 262 g/mol. The van der Waals surface area contributed by atoms with Gasteiger partial charge in [-0.15, -0.1) is 5.10 Å². The topological polar surface area (TPSA) is 62.7 Å². The average Bonchev–Trinajstić information content (AvgIpc) is 2.48. The van der Waals surface area contributed by atoms with Crippen molar-refractivity contribution in [1.29, 1.82) is 0 Å². The van der Waals surface area contributed by atoms with E-state index in [-0.39, 0.29) is 0 Å². The lowest BCUT2D eigenvalue weighted by Gasteiger charge is -2.09. The third-order valence-corrected chi connectivity index (χ3v) is 3.23. The van der Waals surface area contributed by atoms with Crippen molar-refractivity contribution in [2.24, 2.45) is 0 Å². The number of nitrogens with zero attached hydrogens (tertiary/aromatic N) is 3. The van der Waals surface area contributed by atoms with Crippen LogP contribution in [0.4, 0.5) is 17.5 Å². The Kier molecular flexibility index (Phi) is 5.49. The molecule has 0 amide bonds. The molecule has 0 aliphatic heterocycles. The number of benzene rings is 1. The molecule has 0 fully saturated rings. The maximum absolute atomic E-state index is 4.40. The van der Waals surface area contributed by atoms with Gasteiger partial charge in [0, 0.05) is 12.2 Å². The molecule has 0 aliphatic rings. The van der Waals surface area contributed by atoms with Gasteiger partial charge in [0.15, 0.2) is 5.82 Å². The lowest BCUT2D eigenvalue weighted by Crippen LogP contribution is -2.06. The van der Waals surface area contributed by atoms with Crippen LogP contribution in [0.2, 0.25) is 0 Å². The maximum atomic E-state index is 4.40. The molecule has 2 N–H and O–H groups in total. The summed E-state index contributed by atoms with van der Waals surface area (Å²) in [5, 5.41) is 14.4. The van der Waals surface area contributed by atoms with Crippen molar-refractivity contribution >= 4 is 17.5 Å². The molecule has 0 spiro atoms. The SMILES string of the molecule is CCCCNc1cnnc(Nc2ccc(C(C)C)cc2)n1. The largest absolute Gasteiger partial charge is 0.369 e. The van der Waals surface area contributed by atoms with Crippen molar-refractivity contribution in [2.75, 3.05) is 17.2 Å². The molecule has 1 aromatic heterocycles. The number of aromatic nitrogens is 3. The second kappa shape index (κ2) is 7.57. The van der Waals surface area contributed by atoms with E-state index in [0.717, 1.165) is 30.9 Å². The molecule has 0 unspecified atom stereocenters. The molecule has 0 bridgehead atoms. The highest BCUT2D eigenvalue weighted by molar-refractivity contribution is 5.54. The highest BCUT2D eigenvalue weighted by atomic mass is 15.3. The second-order valence-corrected chi connectivity index (χ2v) is 5.35. The Labute approximate surface area is 126 Å². The molecule has 21 heavy (non-hydrogen) atoms. The zero-order chi connectivity index (χ0) is 15.1. The van der Waals surface area contributed by atoms with Crippen LogP contribution in [-0.4, -0.2) is 21.7 Å². The quantitative estimate of drug-likeness (QED) is 0.754. The third-order valence-electron chi connectivity index (χ3n) is 3.23. The first-order valence-electron chi connectivity index (χ1n) is 7.49. The maximum Gasteiger partial charge on any atom is 0.249 e. The molecule has 0 radical (unpaired) electrons. The molecule has 5 heteroatoms. The summed E-state index contributed by atoms with van der Waals surface area (Å²) in [4.78, 5) is 4.40. The molecule has 2 aromatic rings. The lowest BCUT2D eigenvalue weighted by atomic mass is 10.0. The molecule has 1 heterocycles. The van der Waals surface area contributed by atoms with Gasteiger partial charge in [0.1, 0.15) is 0 Å². The molecular formula is C16H23N5. The predicted molar refractivity (Wildman–Crippen MR) is 87.0 cm³/mol. The highest BCUT2D eigenvalue weighted by Crippen LogP contribution is 2.19. The van der Waals surface area contributed by atoms with E-state index in [4.69, 9.17) is 0 Å². The van der Waals surface area contributed by atoms with Gasteiger partial charge >= 0.3 is 0 Å². The first-order valence-corrected chi connectivity index (χ1v) is 7.49. The molecule has 112 valence electrons. The molecule has 0 saturated carbocycles. The van der Waals surface area contributed by atoms with Crippen molar-refractivity contribution < 1.29 is 0 Å². The number of nitrogens with one attached hydrogen (secondary N) is 2. The Balaban J connectivity index is 2.00. The minimum atomic E-state index is 0.508. The van der Waals surface area contributed by atoms with Gasteiger partial charge in [-0.25, -0.2) is 0 Å². The first kappa shape index (κ1) is 15.2. The highest BCUT2D eigenvalue weighted by Gasteiger charge is 2.02. The summed E-state index contributed by atoms with van der Waals surface area (Å²) in [7, 11) is 0. The van der Waals surface area contributed by atoms with Crippen LogP contribution in [0.5, 0.6) is 0 Å². The number of hydrogen-bond acceptors (Lipinski definition) is 5. The molecule has 0 aliphatic carbocycles. The first-order chi connectivity index (χ1) is 10.2. The summed E-state index contributed by atoms with van der Waals surface area (Å²) in [5.41, 5.74) is 2.28. The second-order valence-electron chi connectivity index (χ2n) is 5.35. The molecule has 1 aromatic carbocycles. The Hall–Kier alpha value is -2.17. The third kappa shape index (κ3) is 4.70. The van der Waals surface area contributed by atoms with Crippen molar-refractivity contribution in [1.82, 2.24) is 15.2 Å². The fourth-order valence-electron chi connectivity index (χ4n) is 1.92. The van der Waals surface area contributed by atoms with Gasteiger partial charge in [-0.1, -0.05) is 39.3 Å². The van der Waals surface area contributed by atoms with Gasteiger partial charge in [0.25, 0.3) is 0 Å². The van der Waals surface area contributed by atoms with Gasteiger partial charge < -0.3 is 10.6 Å². The normalized spacial score (nSPS) is 10.7.